The summed E-state index contributed by atoms with van der Waals surface area (Å²) in [6, 6.07) is 0.672. The molecule has 0 aromatic rings. The molecular formula is C11H24N2O2. The van der Waals surface area contributed by atoms with Gasteiger partial charge in [0.2, 0.25) is 0 Å². The molecule has 4 nitrogen and oxygen atoms in total. The average Bonchev–Trinajstić information content (AvgIpc) is 2.19. The SMILES string of the molecule is CCOC1CC(NCCNCCOC)C1. The number of methoxy groups -OCH3 is 1. The molecule has 15 heavy (non-hydrogen) atoms. The van der Waals surface area contributed by atoms with Gasteiger partial charge in [-0.1, -0.05) is 0 Å². The van der Waals surface area contributed by atoms with E-state index in [1.807, 2.05) is 0 Å². The maximum atomic E-state index is 5.50. The van der Waals surface area contributed by atoms with Crippen molar-refractivity contribution in [1.82, 2.24) is 10.6 Å². The fourth-order valence-corrected chi connectivity index (χ4v) is 1.77. The summed E-state index contributed by atoms with van der Waals surface area (Å²) in [5, 5.41) is 6.81. The van der Waals surface area contributed by atoms with Gasteiger partial charge in [-0.2, -0.15) is 0 Å². The Labute approximate surface area is 92.7 Å². The van der Waals surface area contributed by atoms with E-state index in [1.165, 1.54) is 12.8 Å². The molecule has 0 radical (unpaired) electrons. The van der Waals surface area contributed by atoms with E-state index in [0.29, 0.717) is 12.1 Å². The fraction of sp³-hybridized carbons (Fsp3) is 1.00. The number of rotatable bonds is 9. The van der Waals surface area contributed by atoms with Gasteiger partial charge in [0.15, 0.2) is 0 Å². The van der Waals surface area contributed by atoms with Gasteiger partial charge in [0, 0.05) is 39.4 Å². The second-order valence-electron chi connectivity index (χ2n) is 3.94. The highest BCUT2D eigenvalue weighted by molar-refractivity contribution is 4.85. The molecule has 2 N–H and O–H groups in total. The van der Waals surface area contributed by atoms with Gasteiger partial charge in [-0.25, -0.2) is 0 Å². The van der Waals surface area contributed by atoms with Crippen molar-refractivity contribution in [3.63, 3.8) is 0 Å². The van der Waals surface area contributed by atoms with Gasteiger partial charge >= 0.3 is 0 Å². The zero-order valence-electron chi connectivity index (χ0n) is 9.92. The summed E-state index contributed by atoms with van der Waals surface area (Å²) >= 11 is 0. The molecule has 0 unspecified atom stereocenters. The molecule has 4 heteroatoms. The van der Waals surface area contributed by atoms with Gasteiger partial charge in [0.05, 0.1) is 12.7 Å². The molecule has 0 aliphatic heterocycles. The van der Waals surface area contributed by atoms with Crippen LogP contribution >= 0.6 is 0 Å². The first-order chi connectivity index (χ1) is 7.36. The minimum atomic E-state index is 0.508. The minimum absolute atomic E-state index is 0.508. The minimum Gasteiger partial charge on any atom is -0.383 e. The van der Waals surface area contributed by atoms with Gasteiger partial charge in [0.1, 0.15) is 0 Å². The Balaban J connectivity index is 1.78. The molecule has 0 saturated heterocycles. The highest BCUT2D eigenvalue weighted by Gasteiger charge is 2.28. The molecule has 0 bridgehead atoms. The first kappa shape index (κ1) is 12.9. The first-order valence-electron chi connectivity index (χ1n) is 5.91. The topological polar surface area (TPSA) is 42.5 Å². The Morgan fingerprint density at radius 3 is 2.67 bits per heavy atom. The molecule has 90 valence electrons. The van der Waals surface area contributed by atoms with Gasteiger partial charge in [0.25, 0.3) is 0 Å². The van der Waals surface area contributed by atoms with Crippen molar-refractivity contribution in [2.75, 3.05) is 40.0 Å². The molecule has 0 heterocycles. The zero-order valence-corrected chi connectivity index (χ0v) is 9.92. The van der Waals surface area contributed by atoms with Crippen LogP contribution in [-0.2, 0) is 9.47 Å². The van der Waals surface area contributed by atoms with E-state index in [1.54, 1.807) is 7.11 Å². The smallest absolute Gasteiger partial charge is 0.0604 e. The van der Waals surface area contributed by atoms with Crippen LogP contribution in [0.4, 0.5) is 0 Å². The number of hydrogen-bond donors (Lipinski definition) is 2. The highest BCUT2D eigenvalue weighted by atomic mass is 16.5. The third kappa shape index (κ3) is 5.47. The maximum absolute atomic E-state index is 5.50. The second-order valence-corrected chi connectivity index (χ2v) is 3.94. The van der Waals surface area contributed by atoms with Crippen LogP contribution in [0.1, 0.15) is 19.8 Å². The largest absolute Gasteiger partial charge is 0.383 e. The van der Waals surface area contributed by atoms with E-state index in [4.69, 9.17) is 9.47 Å². The lowest BCUT2D eigenvalue weighted by molar-refractivity contribution is -0.00960. The molecule has 1 fully saturated rings. The Bertz CT molecular complexity index is 150. The van der Waals surface area contributed by atoms with Crippen LogP contribution in [0, 0.1) is 0 Å². The van der Waals surface area contributed by atoms with E-state index in [-0.39, 0.29) is 0 Å². The highest BCUT2D eigenvalue weighted by Crippen LogP contribution is 2.22. The monoisotopic (exact) mass is 216 g/mol. The average molecular weight is 216 g/mol. The van der Waals surface area contributed by atoms with Crippen LogP contribution < -0.4 is 10.6 Å². The van der Waals surface area contributed by atoms with E-state index >= 15 is 0 Å². The van der Waals surface area contributed by atoms with Crippen molar-refractivity contribution in [2.45, 2.75) is 31.9 Å². The van der Waals surface area contributed by atoms with Gasteiger partial charge in [-0.05, 0) is 19.8 Å². The van der Waals surface area contributed by atoms with Crippen molar-refractivity contribution < 1.29 is 9.47 Å². The molecule has 0 aromatic heterocycles. The molecular weight excluding hydrogens is 192 g/mol. The van der Waals surface area contributed by atoms with Crippen LogP contribution in [0.5, 0.6) is 0 Å². The lowest BCUT2D eigenvalue weighted by atomic mass is 9.89. The fourth-order valence-electron chi connectivity index (χ4n) is 1.77. The summed E-state index contributed by atoms with van der Waals surface area (Å²) in [5.41, 5.74) is 0. The summed E-state index contributed by atoms with van der Waals surface area (Å²) in [6.07, 6.45) is 2.85. The number of ether oxygens (including phenoxy) is 2. The molecule has 0 spiro atoms. The second kappa shape index (κ2) is 8.05. The van der Waals surface area contributed by atoms with Crippen LogP contribution in [0.3, 0.4) is 0 Å². The molecule has 0 aromatic carbocycles. The van der Waals surface area contributed by atoms with Crippen molar-refractivity contribution in [3.05, 3.63) is 0 Å². The lowest BCUT2D eigenvalue weighted by Gasteiger charge is -2.35. The number of nitrogens with one attached hydrogen (secondary N) is 2. The molecule has 1 saturated carbocycles. The Kier molecular flexibility index (Phi) is 6.92. The van der Waals surface area contributed by atoms with E-state index in [9.17, 15) is 0 Å². The normalized spacial score (nSPS) is 25.2. The van der Waals surface area contributed by atoms with Crippen molar-refractivity contribution in [3.8, 4) is 0 Å². The summed E-state index contributed by atoms with van der Waals surface area (Å²) in [4.78, 5) is 0. The van der Waals surface area contributed by atoms with E-state index < -0.39 is 0 Å². The number of hydrogen-bond acceptors (Lipinski definition) is 4. The van der Waals surface area contributed by atoms with Gasteiger partial charge in [-0.15, -0.1) is 0 Å². The summed E-state index contributed by atoms with van der Waals surface area (Å²) in [5.74, 6) is 0. The van der Waals surface area contributed by atoms with Crippen molar-refractivity contribution in [1.29, 1.82) is 0 Å². The van der Waals surface area contributed by atoms with Crippen LogP contribution in [0.15, 0.2) is 0 Å². The van der Waals surface area contributed by atoms with Crippen LogP contribution in [-0.4, -0.2) is 52.1 Å². The Hall–Kier alpha value is -0.160. The molecule has 0 atom stereocenters. The quantitative estimate of drug-likeness (QED) is 0.547. The molecule has 0 amide bonds. The first-order valence-corrected chi connectivity index (χ1v) is 5.91. The zero-order chi connectivity index (χ0) is 10.9. The van der Waals surface area contributed by atoms with E-state index in [0.717, 1.165) is 32.8 Å². The standard InChI is InChI=1S/C11H24N2O2/c1-3-15-11-8-10(9-11)13-5-4-12-6-7-14-2/h10-13H,3-9H2,1-2H3. The van der Waals surface area contributed by atoms with Crippen LogP contribution in [0.25, 0.3) is 0 Å². The summed E-state index contributed by atoms with van der Waals surface area (Å²) in [7, 11) is 1.72. The predicted octanol–water partition coefficient (Wildman–Crippen LogP) is 0.380. The Morgan fingerprint density at radius 1 is 1.20 bits per heavy atom. The van der Waals surface area contributed by atoms with Crippen molar-refractivity contribution in [2.24, 2.45) is 0 Å². The lowest BCUT2D eigenvalue weighted by Crippen LogP contribution is -2.47. The molecule has 1 aliphatic carbocycles. The Morgan fingerprint density at radius 2 is 2.00 bits per heavy atom. The van der Waals surface area contributed by atoms with Crippen molar-refractivity contribution >= 4 is 0 Å². The third-order valence-electron chi connectivity index (χ3n) is 2.71. The summed E-state index contributed by atoms with van der Waals surface area (Å²) in [6.45, 7) is 6.67. The summed E-state index contributed by atoms with van der Waals surface area (Å²) < 4.78 is 10.4. The van der Waals surface area contributed by atoms with Gasteiger partial charge in [-0.3, -0.25) is 0 Å². The van der Waals surface area contributed by atoms with Gasteiger partial charge < -0.3 is 20.1 Å². The van der Waals surface area contributed by atoms with E-state index in [2.05, 4.69) is 17.6 Å². The third-order valence-corrected chi connectivity index (χ3v) is 2.71. The maximum Gasteiger partial charge on any atom is 0.0604 e. The van der Waals surface area contributed by atoms with Crippen LogP contribution in [0.2, 0.25) is 0 Å². The predicted molar refractivity (Wildman–Crippen MR) is 61.2 cm³/mol. The molecule has 1 rings (SSSR count). The molecule has 1 aliphatic rings.